The number of halogens is 1. The lowest BCUT2D eigenvalue weighted by molar-refractivity contribution is -0.119. The maximum atomic E-state index is 12.0. The highest BCUT2D eigenvalue weighted by Gasteiger charge is 2.19. The van der Waals surface area contributed by atoms with Crippen LogP contribution in [0.4, 0.5) is 5.69 Å². The zero-order chi connectivity index (χ0) is 20.3. The minimum Gasteiger partial charge on any atom is -0.379 e. The SMILES string of the molecule is CN=C(NCCCOCC1CCCO1)NCc1ccc(N2CCCCC2=O)cc1.I. The molecular weight excluding hydrogens is 495 g/mol. The Morgan fingerprint density at radius 1 is 1.23 bits per heavy atom. The van der Waals surface area contributed by atoms with Gasteiger partial charge in [-0.3, -0.25) is 9.79 Å². The number of guanidine groups is 1. The van der Waals surface area contributed by atoms with Crippen LogP contribution in [0.3, 0.4) is 0 Å². The highest BCUT2D eigenvalue weighted by molar-refractivity contribution is 14.0. The highest BCUT2D eigenvalue weighted by Crippen LogP contribution is 2.21. The molecule has 0 aliphatic carbocycles. The predicted molar refractivity (Wildman–Crippen MR) is 131 cm³/mol. The number of amides is 1. The summed E-state index contributed by atoms with van der Waals surface area (Å²) < 4.78 is 11.2. The van der Waals surface area contributed by atoms with Crippen molar-refractivity contribution in [3.63, 3.8) is 0 Å². The second-order valence-corrected chi connectivity index (χ2v) is 7.58. The van der Waals surface area contributed by atoms with Crippen LogP contribution >= 0.6 is 24.0 Å². The molecule has 3 rings (SSSR count). The Morgan fingerprint density at radius 2 is 2.07 bits per heavy atom. The van der Waals surface area contributed by atoms with E-state index >= 15 is 0 Å². The predicted octanol–water partition coefficient (Wildman–Crippen LogP) is 3.07. The van der Waals surface area contributed by atoms with Gasteiger partial charge in [-0.2, -0.15) is 0 Å². The van der Waals surface area contributed by atoms with Crippen molar-refractivity contribution in [2.24, 2.45) is 4.99 Å². The van der Waals surface area contributed by atoms with Crippen molar-refractivity contribution in [1.82, 2.24) is 10.6 Å². The fourth-order valence-corrected chi connectivity index (χ4v) is 3.65. The molecular formula is C22H35IN4O3. The second kappa shape index (κ2) is 13.8. The Balaban J connectivity index is 0.00000320. The van der Waals surface area contributed by atoms with Crippen LogP contribution in [-0.2, 0) is 20.8 Å². The Hall–Kier alpha value is -1.39. The lowest BCUT2D eigenvalue weighted by atomic mass is 10.1. The van der Waals surface area contributed by atoms with Crippen molar-refractivity contribution in [1.29, 1.82) is 0 Å². The van der Waals surface area contributed by atoms with Crippen molar-refractivity contribution in [2.45, 2.75) is 51.2 Å². The van der Waals surface area contributed by atoms with E-state index in [1.807, 2.05) is 17.0 Å². The lowest BCUT2D eigenvalue weighted by Crippen LogP contribution is -2.37. The van der Waals surface area contributed by atoms with Gasteiger partial charge in [-0.1, -0.05) is 12.1 Å². The second-order valence-electron chi connectivity index (χ2n) is 7.58. The molecule has 7 nitrogen and oxygen atoms in total. The van der Waals surface area contributed by atoms with E-state index in [0.29, 0.717) is 19.6 Å². The summed E-state index contributed by atoms with van der Waals surface area (Å²) >= 11 is 0. The number of nitrogens with one attached hydrogen (secondary N) is 2. The van der Waals surface area contributed by atoms with Crippen LogP contribution < -0.4 is 15.5 Å². The van der Waals surface area contributed by atoms with Crippen LogP contribution in [0.5, 0.6) is 0 Å². The molecule has 1 amide bonds. The summed E-state index contributed by atoms with van der Waals surface area (Å²) in [5.74, 6) is 1.01. The lowest BCUT2D eigenvalue weighted by Gasteiger charge is -2.26. The van der Waals surface area contributed by atoms with E-state index in [1.54, 1.807) is 7.05 Å². The molecule has 1 aromatic carbocycles. The molecule has 1 atom stereocenters. The molecule has 2 saturated heterocycles. The number of benzene rings is 1. The van der Waals surface area contributed by atoms with Crippen molar-refractivity contribution in [3.05, 3.63) is 29.8 Å². The molecule has 8 heteroatoms. The van der Waals surface area contributed by atoms with Gasteiger partial charge in [0.05, 0.1) is 12.7 Å². The molecule has 2 N–H and O–H groups in total. The van der Waals surface area contributed by atoms with Gasteiger partial charge in [0.15, 0.2) is 5.96 Å². The fraction of sp³-hybridized carbons (Fsp3) is 0.636. The summed E-state index contributed by atoms with van der Waals surface area (Å²) in [6.45, 7) is 4.61. The average molecular weight is 530 g/mol. The smallest absolute Gasteiger partial charge is 0.226 e. The maximum Gasteiger partial charge on any atom is 0.226 e. The molecule has 2 fully saturated rings. The zero-order valence-electron chi connectivity index (χ0n) is 17.9. The number of hydrogen-bond donors (Lipinski definition) is 2. The van der Waals surface area contributed by atoms with E-state index in [9.17, 15) is 4.79 Å². The molecule has 0 spiro atoms. The summed E-state index contributed by atoms with van der Waals surface area (Å²) in [4.78, 5) is 18.2. The van der Waals surface area contributed by atoms with E-state index in [0.717, 1.165) is 75.6 Å². The maximum absolute atomic E-state index is 12.0. The van der Waals surface area contributed by atoms with E-state index in [2.05, 4.69) is 27.8 Å². The molecule has 0 aromatic heterocycles. The molecule has 168 valence electrons. The van der Waals surface area contributed by atoms with E-state index in [-0.39, 0.29) is 36.0 Å². The third-order valence-corrected chi connectivity index (χ3v) is 5.34. The van der Waals surface area contributed by atoms with Crippen LogP contribution in [0.25, 0.3) is 0 Å². The van der Waals surface area contributed by atoms with Crippen LogP contribution in [0.15, 0.2) is 29.3 Å². The Morgan fingerprint density at radius 3 is 2.77 bits per heavy atom. The van der Waals surface area contributed by atoms with Crippen molar-refractivity contribution in [3.8, 4) is 0 Å². The third kappa shape index (κ3) is 8.03. The molecule has 0 radical (unpaired) electrons. The topological polar surface area (TPSA) is 75.2 Å². The van der Waals surface area contributed by atoms with E-state index < -0.39 is 0 Å². The first kappa shape index (κ1) is 24.9. The minimum absolute atomic E-state index is 0. The number of carbonyl (C=O) groups is 1. The number of anilines is 1. The van der Waals surface area contributed by atoms with Crippen LogP contribution in [0, 0.1) is 0 Å². The molecule has 2 heterocycles. The Labute approximate surface area is 197 Å². The van der Waals surface area contributed by atoms with Gasteiger partial charge < -0.3 is 25.0 Å². The van der Waals surface area contributed by atoms with Crippen molar-refractivity contribution in [2.75, 3.05) is 44.9 Å². The van der Waals surface area contributed by atoms with E-state index in [4.69, 9.17) is 9.47 Å². The first-order valence-corrected chi connectivity index (χ1v) is 10.8. The normalized spacial score (nSPS) is 19.5. The number of piperidine rings is 1. The van der Waals surface area contributed by atoms with Gasteiger partial charge in [0.1, 0.15) is 0 Å². The summed E-state index contributed by atoms with van der Waals surface area (Å²) in [7, 11) is 1.77. The molecule has 1 unspecified atom stereocenters. The molecule has 2 aliphatic rings. The molecule has 0 bridgehead atoms. The standard InChI is InChI=1S/C22H34N4O3.HI/c1-23-22(24-12-5-14-28-17-20-6-4-15-29-20)25-16-18-8-10-19(11-9-18)26-13-3-2-7-21(26)27;/h8-11,20H,2-7,12-17H2,1H3,(H2,23,24,25);1H. The Bertz CT molecular complexity index is 663. The summed E-state index contributed by atoms with van der Waals surface area (Å²) in [5.41, 5.74) is 2.14. The average Bonchev–Trinajstić information content (AvgIpc) is 3.27. The van der Waals surface area contributed by atoms with Crippen LogP contribution in [0.2, 0.25) is 0 Å². The quantitative estimate of drug-likeness (QED) is 0.222. The first-order valence-electron chi connectivity index (χ1n) is 10.8. The van der Waals surface area contributed by atoms with Gasteiger partial charge in [-0.15, -0.1) is 24.0 Å². The molecule has 0 saturated carbocycles. The van der Waals surface area contributed by atoms with Gasteiger partial charge in [-0.05, 0) is 49.8 Å². The molecule has 30 heavy (non-hydrogen) atoms. The largest absolute Gasteiger partial charge is 0.379 e. The first-order chi connectivity index (χ1) is 14.3. The van der Waals surface area contributed by atoms with Crippen molar-refractivity contribution >= 4 is 41.5 Å². The summed E-state index contributed by atoms with van der Waals surface area (Å²) in [6.07, 6.45) is 6.22. The van der Waals surface area contributed by atoms with Gasteiger partial charge in [0.2, 0.25) is 5.91 Å². The zero-order valence-corrected chi connectivity index (χ0v) is 20.2. The number of nitrogens with zero attached hydrogens (tertiary/aromatic N) is 2. The third-order valence-electron chi connectivity index (χ3n) is 5.34. The monoisotopic (exact) mass is 530 g/mol. The molecule has 2 aliphatic heterocycles. The van der Waals surface area contributed by atoms with Crippen molar-refractivity contribution < 1.29 is 14.3 Å². The summed E-state index contributed by atoms with van der Waals surface area (Å²) in [6, 6.07) is 8.19. The van der Waals surface area contributed by atoms with Gasteiger partial charge in [0.25, 0.3) is 0 Å². The highest BCUT2D eigenvalue weighted by atomic mass is 127. The number of ether oxygens (including phenoxy) is 2. The summed E-state index contributed by atoms with van der Waals surface area (Å²) in [5, 5.41) is 6.64. The van der Waals surface area contributed by atoms with Crippen LogP contribution in [-0.4, -0.2) is 57.9 Å². The van der Waals surface area contributed by atoms with Gasteiger partial charge >= 0.3 is 0 Å². The van der Waals surface area contributed by atoms with Gasteiger partial charge in [0, 0.05) is 52.0 Å². The van der Waals surface area contributed by atoms with Gasteiger partial charge in [-0.25, -0.2) is 0 Å². The fourth-order valence-electron chi connectivity index (χ4n) is 3.65. The number of hydrogen-bond acceptors (Lipinski definition) is 4. The van der Waals surface area contributed by atoms with Crippen LogP contribution in [0.1, 0.15) is 44.1 Å². The Kier molecular flexibility index (Phi) is 11.5. The minimum atomic E-state index is 0. The number of carbonyl (C=O) groups excluding carboxylic acids is 1. The van der Waals surface area contributed by atoms with E-state index in [1.165, 1.54) is 0 Å². The molecule has 1 aromatic rings. The number of rotatable bonds is 9. The number of aliphatic imine (C=N–C) groups is 1.